The zero-order chi connectivity index (χ0) is 27.6. The van der Waals surface area contributed by atoms with E-state index in [1.807, 2.05) is 62.3 Å². The molecule has 33 heavy (non-hydrogen) atoms. The molecule has 0 saturated carbocycles. The second kappa shape index (κ2) is 29.2. The molecule has 0 heterocycles. The van der Waals surface area contributed by atoms with Crippen LogP contribution in [0.2, 0.25) is 0 Å². The van der Waals surface area contributed by atoms with Crippen molar-refractivity contribution in [2.45, 2.75) is 33.7 Å². The van der Waals surface area contributed by atoms with Crippen molar-refractivity contribution in [2.75, 3.05) is 14.1 Å². The number of likely N-dealkylation sites (N-methyl/N-ethyl adjacent to an activating group) is 1. The van der Waals surface area contributed by atoms with Crippen LogP contribution < -0.4 is 5.32 Å². The Morgan fingerprint density at radius 1 is 0.909 bits per heavy atom. The molecule has 0 spiro atoms. The van der Waals surface area contributed by atoms with E-state index in [1.54, 1.807) is 6.92 Å². The van der Waals surface area contributed by atoms with Crippen molar-refractivity contribution in [3.63, 3.8) is 0 Å². The Bertz CT molecular complexity index is 810. The quantitative estimate of drug-likeness (QED) is 0.273. The van der Waals surface area contributed by atoms with Gasteiger partial charge in [-0.25, -0.2) is 0 Å². The number of ketones is 1. The topological polar surface area (TPSA) is 132 Å². The minimum atomic E-state index is 0.0531. The van der Waals surface area contributed by atoms with Gasteiger partial charge in [0.05, 0.1) is 0 Å². The van der Waals surface area contributed by atoms with Crippen LogP contribution in [0, 0.1) is 33.3 Å². The number of benzene rings is 1. The minimum absolute atomic E-state index is 0.0531. The molecule has 0 amide bonds. The Labute approximate surface area is 204 Å². The zero-order valence-electron chi connectivity index (χ0n) is 19.3. The van der Waals surface area contributed by atoms with Gasteiger partial charge in [0.25, 0.3) is 0 Å². The molecule has 1 aromatic carbocycles. The maximum atomic E-state index is 12.4. The summed E-state index contributed by atoms with van der Waals surface area (Å²) < 4.78 is 38.5. The number of Topliss-reactive ketones (excluding diaryl/α,β-unsaturated/α-hetero) is 1. The average Bonchev–Trinajstić information content (AvgIpc) is 2.84. The average molecular weight is 490 g/mol. The van der Waals surface area contributed by atoms with Gasteiger partial charge in [-0.15, -0.1) is 0 Å². The van der Waals surface area contributed by atoms with E-state index < -0.39 is 0 Å². The van der Waals surface area contributed by atoms with Crippen LogP contribution in [0.4, 0.5) is 0 Å². The van der Waals surface area contributed by atoms with Crippen LogP contribution in [0.5, 0.6) is 0 Å². The molecule has 0 fully saturated rings. The van der Waals surface area contributed by atoms with Gasteiger partial charge in [0, 0.05) is 0 Å². The van der Waals surface area contributed by atoms with Crippen LogP contribution in [-0.2, 0) is 43.9 Å². The van der Waals surface area contributed by atoms with Crippen LogP contribution >= 0.6 is 0 Å². The van der Waals surface area contributed by atoms with E-state index in [0.29, 0.717) is 0 Å². The van der Waals surface area contributed by atoms with Gasteiger partial charge in [0.2, 0.25) is 0 Å². The Hall–Kier alpha value is -2.77. The van der Waals surface area contributed by atoms with Crippen LogP contribution in [0.25, 0.3) is 5.57 Å². The van der Waals surface area contributed by atoms with E-state index in [1.165, 1.54) is 0 Å². The summed E-state index contributed by atoms with van der Waals surface area (Å²) >= 11 is 3.06. The second-order valence-electron chi connectivity index (χ2n) is 6.01. The summed E-state index contributed by atoms with van der Waals surface area (Å²) in [4.78, 5) is 14.4. The molecule has 0 atom stereocenters. The van der Waals surface area contributed by atoms with E-state index in [0.717, 1.165) is 26.9 Å². The van der Waals surface area contributed by atoms with Crippen molar-refractivity contribution >= 4 is 15.9 Å². The van der Waals surface area contributed by atoms with Crippen molar-refractivity contribution in [3.05, 3.63) is 86.5 Å². The van der Waals surface area contributed by atoms with Gasteiger partial charge in [0.15, 0.2) is 0 Å². The molecule has 1 N–H and O–H groups in total. The maximum absolute atomic E-state index is 12.4. The number of nitrogens with zero attached hydrogens (tertiary/aromatic N) is 1. The van der Waals surface area contributed by atoms with E-state index in [4.69, 9.17) is 23.3 Å². The summed E-state index contributed by atoms with van der Waals surface area (Å²) in [5, 5.41) is 3.36. The Balaban J connectivity index is -0.000000230. The summed E-state index contributed by atoms with van der Waals surface area (Å²) in [6.45, 7) is 30.2. The van der Waals surface area contributed by atoms with Crippen molar-refractivity contribution < 1.29 is 43.9 Å². The van der Waals surface area contributed by atoms with E-state index in [9.17, 15) is 4.79 Å². The van der Waals surface area contributed by atoms with Gasteiger partial charge >= 0.3 is 204 Å². The van der Waals surface area contributed by atoms with E-state index in [-0.39, 0.29) is 11.8 Å². The third-order valence-electron chi connectivity index (χ3n) is 3.29. The fourth-order valence-corrected chi connectivity index (χ4v) is 2.52. The van der Waals surface area contributed by atoms with Gasteiger partial charge in [-0.2, -0.15) is 0 Å². The number of carbonyl (C=O) groups excluding carboxylic acids is 1. The first-order valence-corrected chi connectivity index (χ1v) is 9.37. The van der Waals surface area contributed by atoms with Gasteiger partial charge in [0.1, 0.15) is 0 Å². The normalized spacial score (nSPS) is 9.45. The van der Waals surface area contributed by atoms with Crippen molar-refractivity contribution in [2.24, 2.45) is 0 Å². The summed E-state index contributed by atoms with van der Waals surface area (Å²) in [5.41, 5.74) is 3.57. The van der Waals surface area contributed by atoms with Crippen LogP contribution in [0.15, 0.2) is 47.7 Å². The molecule has 0 unspecified atom stereocenters. The fourth-order valence-electron chi connectivity index (χ4n) is 2.33. The Morgan fingerprint density at radius 2 is 1.30 bits per heavy atom. The summed E-state index contributed by atoms with van der Waals surface area (Å²) in [6.07, 6.45) is 2.03. The number of rotatable bonds is 7. The van der Waals surface area contributed by atoms with Crippen LogP contribution in [0.1, 0.15) is 33.3 Å². The molecule has 1 rings (SSSR count). The molecule has 0 aliphatic heterocycles. The SMILES string of the molecule is CC(=O)C(/C(=C\[C](=[Cr])N(C)C)c1ccccc1)=C(/C)NC(C)C.[C-]#[O+].[C-]#[O+].[C-]#[O+].[C-]#[O+].[C-]#[O+]. The standard InChI is InChI=1S/C19H26N2O.5CO.Cr/c1-14(2)20-15(3)19(16(4)22)18(12-13-21(5)6)17-10-8-7-9-11-17;5*1-2;/h7-12,14,20H,1-6H3;;;;;;/b18-12-,19-15+;;;;;;. The van der Waals surface area contributed by atoms with Crippen LogP contribution in [-0.4, -0.2) is 35.3 Å². The molecular formula is C24H26CrN2O6. The number of hydrogen-bond acceptors (Lipinski definition) is 3. The third kappa shape index (κ3) is 19.6. The molecule has 0 saturated heterocycles. The third-order valence-corrected chi connectivity index (χ3v) is 4.05. The van der Waals surface area contributed by atoms with Gasteiger partial charge in [-0.1, -0.05) is 0 Å². The molecule has 1 aromatic rings. The predicted molar refractivity (Wildman–Crippen MR) is 114 cm³/mol. The zero-order valence-corrected chi connectivity index (χ0v) is 20.6. The molecule has 0 aromatic heterocycles. The first-order valence-electron chi connectivity index (χ1n) is 8.73. The first-order chi connectivity index (χ1) is 15.7. The van der Waals surface area contributed by atoms with Crippen molar-refractivity contribution in [1.29, 1.82) is 0 Å². The number of allylic oxidation sites excluding steroid dienone is 3. The van der Waals surface area contributed by atoms with E-state index in [2.05, 4.69) is 68.3 Å². The number of hydrogen-bond donors (Lipinski definition) is 1. The van der Waals surface area contributed by atoms with E-state index >= 15 is 0 Å². The molecule has 0 aliphatic carbocycles. The Morgan fingerprint density at radius 3 is 1.61 bits per heavy atom. The molecule has 9 heteroatoms. The summed E-state index contributed by atoms with van der Waals surface area (Å²) in [5.74, 6) is 0.0531. The summed E-state index contributed by atoms with van der Waals surface area (Å²) in [7, 11) is 3.95. The monoisotopic (exact) mass is 490 g/mol. The number of nitrogens with one attached hydrogen (secondary N) is 1. The van der Waals surface area contributed by atoms with Crippen molar-refractivity contribution in [3.8, 4) is 0 Å². The van der Waals surface area contributed by atoms with Crippen LogP contribution in [0.3, 0.4) is 0 Å². The molecule has 8 nitrogen and oxygen atoms in total. The molecule has 174 valence electrons. The molecule has 0 radical (unpaired) electrons. The summed E-state index contributed by atoms with van der Waals surface area (Å²) in [6, 6.07) is 10.3. The predicted octanol–water partition coefficient (Wildman–Crippen LogP) is 2.98. The van der Waals surface area contributed by atoms with Crippen molar-refractivity contribution in [1.82, 2.24) is 10.2 Å². The fraction of sp³-hybridized carbons (Fsp3) is 0.292. The first kappa shape index (κ1) is 40.6. The Kier molecular flexibility index (Phi) is 35.9. The second-order valence-corrected chi connectivity index (χ2v) is 6.67. The molecule has 0 bridgehead atoms. The van der Waals surface area contributed by atoms with Gasteiger partial charge in [-0.05, 0) is 0 Å². The van der Waals surface area contributed by atoms with Gasteiger partial charge in [-0.3, -0.25) is 0 Å². The number of carbonyl (C=O) groups is 1. The molecular weight excluding hydrogens is 464 g/mol. The van der Waals surface area contributed by atoms with Gasteiger partial charge < -0.3 is 0 Å². The molecule has 0 aliphatic rings.